The largest absolute Gasteiger partial charge is 0.493 e. The molecule has 0 saturated heterocycles. The van der Waals surface area contributed by atoms with Crippen LogP contribution in [-0.4, -0.2) is 25.7 Å². The van der Waals surface area contributed by atoms with Gasteiger partial charge in [0.15, 0.2) is 11.5 Å². The van der Waals surface area contributed by atoms with Gasteiger partial charge in [0.05, 0.1) is 13.7 Å². The Balaban J connectivity index is 2.00. The predicted molar refractivity (Wildman–Crippen MR) is 96.4 cm³/mol. The fourth-order valence-corrected chi connectivity index (χ4v) is 2.14. The summed E-state index contributed by atoms with van der Waals surface area (Å²) >= 11 is 5.85. The van der Waals surface area contributed by atoms with Crippen LogP contribution in [0.15, 0.2) is 42.5 Å². The van der Waals surface area contributed by atoms with Crippen molar-refractivity contribution in [2.75, 3.05) is 13.7 Å². The van der Waals surface area contributed by atoms with E-state index in [-0.39, 0.29) is 12.2 Å². The Bertz CT molecular complexity index is 765. The molecule has 0 radical (unpaired) electrons. The number of hydrazine groups is 1. The van der Waals surface area contributed by atoms with E-state index in [0.717, 1.165) is 5.56 Å². The molecule has 8 heteroatoms. The second kappa shape index (κ2) is 9.53. The average molecular weight is 379 g/mol. The number of methoxy groups -OCH3 is 1. The number of ether oxygens (including phenoxy) is 3. The van der Waals surface area contributed by atoms with E-state index in [0.29, 0.717) is 23.1 Å². The molecule has 0 heterocycles. The first-order chi connectivity index (χ1) is 12.5. The maximum absolute atomic E-state index is 12.1. The minimum atomic E-state index is -0.740. The van der Waals surface area contributed by atoms with Crippen LogP contribution < -0.4 is 20.3 Å². The lowest BCUT2D eigenvalue weighted by Crippen LogP contribution is -2.41. The average Bonchev–Trinajstić information content (AvgIpc) is 2.65. The zero-order valence-corrected chi connectivity index (χ0v) is 15.1. The summed E-state index contributed by atoms with van der Waals surface area (Å²) in [6.07, 6.45) is -0.740. The summed E-state index contributed by atoms with van der Waals surface area (Å²) < 4.78 is 15.7. The Hall–Kier alpha value is -2.93. The Kier molecular flexibility index (Phi) is 7.11. The van der Waals surface area contributed by atoms with Gasteiger partial charge in [-0.15, -0.1) is 0 Å². The van der Waals surface area contributed by atoms with E-state index in [1.54, 1.807) is 31.2 Å². The summed E-state index contributed by atoms with van der Waals surface area (Å²) in [6.45, 7) is 2.19. The molecule has 0 unspecified atom stereocenters. The monoisotopic (exact) mass is 378 g/mol. The van der Waals surface area contributed by atoms with Crippen LogP contribution in [0.25, 0.3) is 0 Å². The molecule has 0 aliphatic carbocycles. The van der Waals surface area contributed by atoms with E-state index in [9.17, 15) is 9.59 Å². The van der Waals surface area contributed by atoms with Crippen molar-refractivity contribution in [1.29, 1.82) is 0 Å². The van der Waals surface area contributed by atoms with E-state index < -0.39 is 12.0 Å². The number of carbonyl (C=O) groups excluding carboxylic acids is 2. The van der Waals surface area contributed by atoms with Crippen LogP contribution in [0.4, 0.5) is 4.79 Å². The standard InChI is InChI=1S/C18H19ClN2O5/c1-3-25-18(23)21-20-17(22)13-6-9-15(16(10-13)24-2)26-11-12-4-7-14(19)8-5-12/h4-10H,3,11H2,1-2H3,(H,20,22)(H,21,23). The van der Waals surface area contributed by atoms with Crippen LogP contribution in [0.3, 0.4) is 0 Å². The molecule has 26 heavy (non-hydrogen) atoms. The third-order valence-corrected chi connectivity index (χ3v) is 3.54. The fourth-order valence-electron chi connectivity index (χ4n) is 2.02. The molecule has 0 fully saturated rings. The van der Waals surface area contributed by atoms with Gasteiger partial charge < -0.3 is 14.2 Å². The quantitative estimate of drug-likeness (QED) is 0.753. The molecular formula is C18H19ClN2O5. The Morgan fingerprint density at radius 1 is 1.04 bits per heavy atom. The number of carbonyl (C=O) groups is 2. The van der Waals surface area contributed by atoms with Gasteiger partial charge in [0.25, 0.3) is 5.91 Å². The molecule has 0 bridgehead atoms. The van der Waals surface area contributed by atoms with Gasteiger partial charge in [-0.2, -0.15) is 0 Å². The highest BCUT2D eigenvalue weighted by atomic mass is 35.5. The molecule has 0 aliphatic heterocycles. The van der Waals surface area contributed by atoms with E-state index in [2.05, 4.69) is 15.6 Å². The SMILES string of the molecule is CCOC(=O)NNC(=O)c1ccc(OCc2ccc(Cl)cc2)c(OC)c1. The topological polar surface area (TPSA) is 85.9 Å². The normalized spacial score (nSPS) is 9.96. The highest BCUT2D eigenvalue weighted by molar-refractivity contribution is 6.30. The lowest BCUT2D eigenvalue weighted by atomic mass is 10.2. The molecule has 0 atom stereocenters. The first kappa shape index (κ1) is 19.4. The van der Waals surface area contributed by atoms with Crippen molar-refractivity contribution in [1.82, 2.24) is 10.9 Å². The second-order valence-corrected chi connectivity index (χ2v) is 5.52. The Morgan fingerprint density at radius 2 is 1.77 bits per heavy atom. The van der Waals surface area contributed by atoms with Crippen molar-refractivity contribution < 1.29 is 23.8 Å². The van der Waals surface area contributed by atoms with E-state index in [1.165, 1.54) is 13.2 Å². The van der Waals surface area contributed by atoms with Crippen LogP contribution >= 0.6 is 11.6 Å². The van der Waals surface area contributed by atoms with Crippen LogP contribution in [-0.2, 0) is 11.3 Å². The fraction of sp³-hybridized carbons (Fsp3) is 0.222. The second-order valence-electron chi connectivity index (χ2n) is 5.08. The molecular weight excluding hydrogens is 360 g/mol. The molecule has 0 saturated carbocycles. The van der Waals surface area contributed by atoms with Crippen LogP contribution in [0.1, 0.15) is 22.8 Å². The maximum Gasteiger partial charge on any atom is 0.426 e. The van der Waals surface area contributed by atoms with Crippen LogP contribution in [0, 0.1) is 0 Å². The summed E-state index contributed by atoms with van der Waals surface area (Å²) in [7, 11) is 1.48. The van der Waals surface area contributed by atoms with Crippen LogP contribution in [0.2, 0.25) is 5.02 Å². The lowest BCUT2D eigenvalue weighted by molar-refractivity contribution is 0.0912. The van der Waals surface area contributed by atoms with Crippen molar-refractivity contribution in [3.05, 3.63) is 58.6 Å². The number of nitrogens with one attached hydrogen (secondary N) is 2. The Labute approximate surface area is 156 Å². The van der Waals surface area contributed by atoms with Crippen molar-refractivity contribution in [3.8, 4) is 11.5 Å². The number of hydrogen-bond acceptors (Lipinski definition) is 5. The predicted octanol–water partition coefficient (Wildman–Crippen LogP) is 3.32. The van der Waals surface area contributed by atoms with Crippen LogP contribution in [0.5, 0.6) is 11.5 Å². The molecule has 2 rings (SSSR count). The minimum absolute atomic E-state index is 0.204. The number of halogens is 1. The number of rotatable bonds is 6. The number of amides is 2. The molecule has 2 aromatic rings. The van der Waals surface area contributed by atoms with Gasteiger partial charge in [-0.1, -0.05) is 23.7 Å². The minimum Gasteiger partial charge on any atom is -0.493 e. The van der Waals surface area contributed by atoms with Gasteiger partial charge in [-0.05, 0) is 42.8 Å². The molecule has 2 aromatic carbocycles. The molecule has 0 aliphatic rings. The lowest BCUT2D eigenvalue weighted by Gasteiger charge is -2.13. The first-order valence-electron chi connectivity index (χ1n) is 7.82. The van der Waals surface area contributed by atoms with Crippen molar-refractivity contribution in [2.24, 2.45) is 0 Å². The smallest absolute Gasteiger partial charge is 0.426 e. The van der Waals surface area contributed by atoms with Gasteiger partial charge in [-0.25, -0.2) is 10.2 Å². The highest BCUT2D eigenvalue weighted by Gasteiger charge is 2.12. The third-order valence-electron chi connectivity index (χ3n) is 3.29. The van der Waals surface area contributed by atoms with Gasteiger partial charge in [0.2, 0.25) is 0 Å². The molecule has 2 N–H and O–H groups in total. The van der Waals surface area contributed by atoms with E-state index in [4.69, 9.17) is 21.1 Å². The summed E-state index contributed by atoms with van der Waals surface area (Å²) in [5.41, 5.74) is 5.62. The summed E-state index contributed by atoms with van der Waals surface area (Å²) in [5, 5.41) is 0.651. The Morgan fingerprint density at radius 3 is 2.42 bits per heavy atom. The summed E-state index contributed by atoms with van der Waals surface area (Å²) in [4.78, 5) is 23.2. The highest BCUT2D eigenvalue weighted by Crippen LogP contribution is 2.29. The maximum atomic E-state index is 12.1. The van der Waals surface area contributed by atoms with E-state index >= 15 is 0 Å². The van der Waals surface area contributed by atoms with Gasteiger partial charge in [0, 0.05) is 10.6 Å². The number of hydrogen-bond donors (Lipinski definition) is 2. The molecule has 0 spiro atoms. The van der Waals surface area contributed by atoms with Crippen molar-refractivity contribution in [3.63, 3.8) is 0 Å². The number of benzene rings is 2. The van der Waals surface area contributed by atoms with Gasteiger partial charge in [0.1, 0.15) is 6.61 Å². The molecule has 2 amide bonds. The summed E-state index contributed by atoms with van der Waals surface area (Å²) in [6, 6.07) is 12.0. The molecule has 0 aromatic heterocycles. The van der Waals surface area contributed by atoms with Crippen molar-refractivity contribution >= 4 is 23.6 Å². The van der Waals surface area contributed by atoms with Crippen molar-refractivity contribution in [2.45, 2.75) is 13.5 Å². The molecule has 138 valence electrons. The third kappa shape index (κ3) is 5.56. The molecule has 7 nitrogen and oxygen atoms in total. The van der Waals surface area contributed by atoms with Gasteiger partial charge in [-0.3, -0.25) is 10.2 Å². The zero-order valence-electron chi connectivity index (χ0n) is 14.4. The van der Waals surface area contributed by atoms with E-state index in [1.807, 2.05) is 12.1 Å². The first-order valence-corrected chi connectivity index (χ1v) is 8.19. The zero-order chi connectivity index (χ0) is 18.9. The summed E-state index contributed by atoms with van der Waals surface area (Å²) in [5.74, 6) is 0.362. The van der Waals surface area contributed by atoms with Gasteiger partial charge >= 0.3 is 6.09 Å².